The summed E-state index contributed by atoms with van der Waals surface area (Å²) < 4.78 is 27.1. The molecule has 0 aromatic heterocycles. The summed E-state index contributed by atoms with van der Waals surface area (Å²) in [5.74, 6) is 0.744. The van der Waals surface area contributed by atoms with Crippen molar-refractivity contribution >= 4 is 21.6 Å². The molecule has 2 N–H and O–H groups in total. The lowest BCUT2D eigenvalue weighted by atomic mass is 9.87. The van der Waals surface area contributed by atoms with E-state index in [-0.39, 0.29) is 16.9 Å². The molecule has 1 aromatic carbocycles. The van der Waals surface area contributed by atoms with Crippen LogP contribution in [0.4, 0.5) is 0 Å². The maximum absolute atomic E-state index is 12.2. The van der Waals surface area contributed by atoms with Crippen LogP contribution in [0.3, 0.4) is 0 Å². The van der Waals surface area contributed by atoms with Gasteiger partial charge in [0, 0.05) is 12.4 Å². The first kappa shape index (κ1) is 16.7. The second-order valence-corrected chi connectivity index (χ2v) is 7.77. The van der Waals surface area contributed by atoms with Crippen LogP contribution < -0.4 is 4.72 Å². The van der Waals surface area contributed by atoms with Crippen molar-refractivity contribution in [1.82, 2.24) is 4.72 Å². The first-order valence-corrected chi connectivity index (χ1v) is 9.35. The molecule has 0 radical (unpaired) electrons. The first-order chi connectivity index (χ1) is 10.0. The summed E-state index contributed by atoms with van der Waals surface area (Å²) in [5.41, 5.74) is 1.03. The molecule has 21 heavy (non-hydrogen) atoms. The highest BCUT2D eigenvalue weighted by atomic mass is 35.5. The van der Waals surface area contributed by atoms with Crippen LogP contribution in [0, 0.1) is 5.92 Å². The molecule has 1 fully saturated rings. The normalized spacial score (nSPS) is 23.1. The Balaban J connectivity index is 1.94. The Morgan fingerprint density at radius 3 is 2.57 bits per heavy atom. The Labute approximate surface area is 131 Å². The van der Waals surface area contributed by atoms with Crippen LogP contribution in [0.2, 0.25) is 0 Å². The molecule has 118 valence electrons. The van der Waals surface area contributed by atoms with E-state index in [9.17, 15) is 13.5 Å². The predicted octanol–water partition coefficient (Wildman–Crippen LogP) is 2.30. The molecule has 0 aliphatic heterocycles. The average Bonchev–Trinajstić information content (AvgIpc) is 2.46. The van der Waals surface area contributed by atoms with Gasteiger partial charge in [-0.3, -0.25) is 0 Å². The fourth-order valence-electron chi connectivity index (χ4n) is 2.70. The molecule has 2 atom stereocenters. The number of hydrogen-bond donors (Lipinski definition) is 2. The van der Waals surface area contributed by atoms with Crippen LogP contribution in [0.1, 0.15) is 31.2 Å². The lowest BCUT2D eigenvalue weighted by molar-refractivity contribution is 0.102. The van der Waals surface area contributed by atoms with Crippen molar-refractivity contribution in [1.29, 1.82) is 0 Å². The minimum absolute atomic E-state index is 0.221. The largest absolute Gasteiger partial charge is 0.393 e. The number of halogens is 1. The number of rotatable bonds is 6. The van der Waals surface area contributed by atoms with E-state index in [0.717, 1.165) is 31.2 Å². The number of aryl methyl sites for hydroxylation is 1. The van der Waals surface area contributed by atoms with E-state index >= 15 is 0 Å². The van der Waals surface area contributed by atoms with Crippen LogP contribution in [0.15, 0.2) is 29.2 Å². The maximum Gasteiger partial charge on any atom is 0.240 e. The van der Waals surface area contributed by atoms with E-state index in [1.807, 2.05) is 0 Å². The molecular weight excluding hydrogens is 310 g/mol. The Morgan fingerprint density at radius 2 is 1.95 bits per heavy atom. The molecule has 0 bridgehead atoms. The molecule has 4 nitrogen and oxygen atoms in total. The van der Waals surface area contributed by atoms with Crippen molar-refractivity contribution in [2.24, 2.45) is 5.92 Å². The summed E-state index contributed by atoms with van der Waals surface area (Å²) in [5, 5.41) is 9.62. The van der Waals surface area contributed by atoms with Gasteiger partial charge in [-0.2, -0.15) is 0 Å². The number of sulfonamides is 1. The standard InChI is InChI=1S/C15H22ClNO3S/c16-9-8-12-4-6-15(7-5-12)21(19,20)17-11-13-2-1-3-14(18)10-13/h4-7,13-14,17-18H,1-3,8-11H2. The molecule has 0 saturated heterocycles. The van der Waals surface area contributed by atoms with Gasteiger partial charge in [-0.05, 0) is 49.3 Å². The zero-order valence-corrected chi connectivity index (χ0v) is 13.5. The van der Waals surface area contributed by atoms with Gasteiger partial charge in [0.05, 0.1) is 11.0 Å². The highest BCUT2D eigenvalue weighted by Crippen LogP contribution is 2.24. The van der Waals surface area contributed by atoms with Crippen molar-refractivity contribution in [2.45, 2.75) is 43.1 Å². The van der Waals surface area contributed by atoms with Crippen molar-refractivity contribution in [3.05, 3.63) is 29.8 Å². The first-order valence-electron chi connectivity index (χ1n) is 7.34. The minimum Gasteiger partial charge on any atom is -0.393 e. The molecule has 1 aliphatic carbocycles. The van der Waals surface area contributed by atoms with Gasteiger partial charge in [0.2, 0.25) is 10.0 Å². The molecule has 2 rings (SSSR count). The van der Waals surface area contributed by atoms with Crippen molar-refractivity contribution in [3.63, 3.8) is 0 Å². The van der Waals surface area contributed by atoms with Gasteiger partial charge in [0.25, 0.3) is 0 Å². The van der Waals surface area contributed by atoms with Gasteiger partial charge in [0.15, 0.2) is 0 Å². The van der Waals surface area contributed by atoms with E-state index in [1.165, 1.54) is 0 Å². The van der Waals surface area contributed by atoms with Crippen LogP contribution in [-0.2, 0) is 16.4 Å². The molecule has 1 aliphatic rings. The van der Waals surface area contributed by atoms with Crippen LogP contribution in [-0.4, -0.2) is 32.1 Å². The number of aliphatic hydroxyl groups excluding tert-OH is 1. The lowest BCUT2D eigenvalue weighted by Gasteiger charge is -2.25. The maximum atomic E-state index is 12.2. The third kappa shape index (κ3) is 4.95. The molecule has 1 aromatic rings. The Hall–Kier alpha value is -0.620. The molecule has 0 spiro atoms. The lowest BCUT2D eigenvalue weighted by Crippen LogP contribution is -2.33. The summed E-state index contributed by atoms with van der Waals surface area (Å²) in [6.07, 6.45) is 3.87. The Bertz CT molecular complexity index is 545. The average molecular weight is 332 g/mol. The monoisotopic (exact) mass is 331 g/mol. The quantitative estimate of drug-likeness (QED) is 0.786. The molecular formula is C15H22ClNO3S. The summed E-state index contributed by atoms with van der Waals surface area (Å²) >= 11 is 5.66. The topological polar surface area (TPSA) is 66.4 Å². The second-order valence-electron chi connectivity index (χ2n) is 5.62. The number of aliphatic hydroxyl groups is 1. The van der Waals surface area contributed by atoms with Crippen LogP contribution in [0.5, 0.6) is 0 Å². The van der Waals surface area contributed by atoms with Gasteiger partial charge < -0.3 is 5.11 Å². The van der Waals surface area contributed by atoms with Crippen molar-refractivity contribution in [2.75, 3.05) is 12.4 Å². The fraction of sp³-hybridized carbons (Fsp3) is 0.600. The Kier molecular flexibility index (Phi) is 6.05. The van der Waals surface area contributed by atoms with Gasteiger partial charge in [-0.1, -0.05) is 18.6 Å². The highest BCUT2D eigenvalue weighted by Gasteiger charge is 2.22. The zero-order chi connectivity index (χ0) is 15.3. The van der Waals surface area contributed by atoms with Crippen molar-refractivity contribution < 1.29 is 13.5 Å². The van der Waals surface area contributed by atoms with Gasteiger partial charge in [-0.25, -0.2) is 13.1 Å². The smallest absolute Gasteiger partial charge is 0.240 e. The molecule has 6 heteroatoms. The molecule has 0 heterocycles. The summed E-state index contributed by atoms with van der Waals surface area (Å²) in [6.45, 7) is 0.392. The van der Waals surface area contributed by atoms with E-state index in [2.05, 4.69) is 4.72 Å². The highest BCUT2D eigenvalue weighted by molar-refractivity contribution is 7.89. The SMILES string of the molecule is O=S(=O)(NCC1CCCC(O)C1)c1ccc(CCCl)cc1. The third-order valence-corrected chi connectivity index (χ3v) is 5.56. The number of benzene rings is 1. The van der Waals surface area contributed by atoms with Crippen molar-refractivity contribution in [3.8, 4) is 0 Å². The van der Waals surface area contributed by atoms with Gasteiger partial charge in [-0.15, -0.1) is 11.6 Å². The molecule has 2 unspecified atom stereocenters. The van der Waals surface area contributed by atoms with Crippen LogP contribution in [0.25, 0.3) is 0 Å². The Morgan fingerprint density at radius 1 is 1.24 bits per heavy atom. The van der Waals surface area contributed by atoms with Gasteiger partial charge >= 0.3 is 0 Å². The second kappa shape index (κ2) is 7.58. The molecule has 1 saturated carbocycles. The fourth-order valence-corrected chi connectivity index (χ4v) is 4.04. The number of hydrogen-bond acceptors (Lipinski definition) is 3. The minimum atomic E-state index is -3.47. The number of alkyl halides is 1. The van der Waals surface area contributed by atoms with E-state index in [1.54, 1.807) is 24.3 Å². The zero-order valence-electron chi connectivity index (χ0n) is 12.0. The van der Waals surface area contributed by atoms with E-state index in [0.29, 0.717) is 18.8 Å². The summed E-state index contributed by atoms with van der Waals surface area (Å²) in [4.78, 5) is 0.275. The van der Waals surface area contributed by atoms with E-state index in [4.69, 9.17) is 11.6 Å². The van der Waals surface area contributed by atoms with Gasteiger partial charge in [0.1, 0.15) is 0 Å². The van der Waals surface area contributed by atoms with Crippen LogP contribution >= 0.6 is 11.6 Å². The summed E-state index contributed by atoms with van der Waals surface area (Å²) in [6, 6.07) is 6.81. The number of nitrogens with one attached hydrogen (secondary N) is 1. The third-order valence-electron chi connectivity index (χ3n) is 3.93. The summed E-state index contributed by atoms with van der Waals surface area (Å²) in [7, 11) is -3.47. The molecule has 0 amide bonds. The predicted molar refractivity (Wildman–Crippen MR) is 84.0 cm³/mol. The van der Waals surface area contributed by atoms with E-state index < -0.39 is 10.0 Å².